The molecule has 170 valence electrons. The predicted molar refractivity (Wildman–Crippen MR) is 125 cm³/mol. The second-order valence-corrected chi connectivity index (χ2v) is 8.52. The molecule has 0 bridgehead atoms. The Morgan fingerprint density at radius 2 is 1.85 bits per heavy atom. The number of hydrogen-bond donors (Lipinski definition) is 1. The lowest BCUT2D eigenvalue weighted by Gasteiger charge is -2.45. The van der Waals surface area contributed by atoms with E-state index >= 15 is 0 Å². The van der Waals surface area contributed by atoms with Crippen LogP contribution in [0.3, 0.4) is 0 Å². The molecular formula is C23H24N6O4. The number of nitrogens with one attached hydrogen (secondary N) is 1. The Labute approximate surface area is 190 Å². The minimum absolute atomic E-state index is 0.00907. The first-order chi connectivity index (χ1) is 15.8. The summed E-state index contributed by atoms with van der Waals surface area (Å²) in [4.78, 5) is 45.5. The van der Waals surface area contributed by atoms with Crippen molar-refractivity contribution in [1.82, 2.24) is 4.90 Å². The average molecular weight is 448 g/mol. The average Bonchev–Trinajstić information content (AvgIpc) is 3.49. The Hall–Kier alpha value is -3.95. The van der Waals surface area contributed by atoms with Crippen LogP contribution in [0.15, 0.2) is 41.4 Å². The van der Waals surface area contributed by atoms with Crippen molar-refractivity contribution in [1.29, 1.82) is 0 Å². The number of aliphatic imine (C=N–C) groups is 1. The minimum atomic E-state index is -0.990. The SMILES string of the molecule is CC(=O)N1CCc2cc(NC3(N4C=NCC4)Cc4cc([N+](=O)[O-])ccc4N3C(C)=O)ccc21. The second kappa shape index (κ2) is 7.58. The molecule has 1 atom stereocenters. The molecule has 5 rings (SSSR count). The molecule has 0 spiro atoms. The number of rotatable bonds is 4. The van der Waals surface area contributed by atoms with E-state index in [1.807, 2.05) is 23.1 Å². The number of nitro groups is 1. The number of nitro benzene ring substituents is 1. The zero-order chi connectivity index (χ0) is 23.3. The first kappa shape index (κ1) is 20.9. The van der Waals surface area contributed by atoms with Gasteiger partial charge in [0.25, 0.3) is 5.69 Å². The molecule has 0 radical (unpaired) electrons. The lowest BCUT2D eigenvalue weighted by Crippen LogP contribution is -2.65. The summed E-state index contributed by atoms with van der Waals surface area (Å²) in [7, 11) is 0. The molecule has 0 saturated carbocycles. The Morgan fingerprint density at radius 1 is 1.06 bits per heavy atom. The van der Waals surface area contributed by atoms with Gasteiger partial charge in [-0.2, -0.15) is 0 Å². The van der Waals surface area contributed by atoms with Crippen LogP contribution < -0.4 is 15.1 Å². The van der Waals surface area contributed by atoms with Crippen molar-refractivity contribution in [2.24, 2.45) is 4.99 Å². The standard InChI is InChI=1S/C23H24N6O4/c1-15(30)27-9-7-17-11-19(3-5-21(17)27)25-23(26-10-8-24-14-26)13-18-12-20(29(32)33)4-6-22(18)28(23)16(2)31/h3-6,11-12,14,25H,7-10,13H2,1-2H3. The van der Waals surface area contributed by atoms with E-state index in [0.717, 1.165) is 28.9 Å². The maximum Gasteiger partial charge on any atom is 0.269 e. The van der Waals surface area contributed by atoms with Crippen molar-refractivity contribution in [3.63, 3.8) is 0 Å². The van der Waals surface area contributed by atoms with Crippen LogP contribution in [0.4, 0.5) is 22.7 Å². The summed E-state index contributed by atoms with van der Waals surface area (Å²) in [5.74, 6) is -1.16. The molecule has 3 aliphatic rings. The maximum atomic E-state index is 12.9. The van der Waals surface area contributed by atoms with Crippen LogP contribution >= 0.6 is 0 Å². The quantitative estimate of drug-likeness (QED) is 0.568. The number of anilines is 3. The smallest absolute Gasteiger partial charge is 0.269 e. The highest BCUT2D eigenvalue weighted by Gasteiger charge is 2.51. The number of carbonyl (C=O) groups excluding carboxylic acids is 2. The third-order valence-corrected chi connectivity index (χ3v) is 6.50. The second-order valence-electron chi connectivity index (χ2n) is 8.52. The van der Waals surface area contributed by atoms with E-state index in [-0.39, 0.29) is 17.5 Å². The molecule has 2 aromatic rings. The molecule has 3 heterocycles. The molecule has 2 aromatic carbocycles. The summed E-state index contributed by atoms with van der Waals surface area (Å²) in [5, 5.41) is 14.9. The summed E-state index contributed by atoms with van der Waals surface area (Å²) >= 11 is 0. The molecule has 1 N–H and O–H groups in total. The fourth-order valence-corrected chi connectivity index (χ4v) is 5.12. The van der Waals surface area contributed by atoms with Crippen molar-refractivity contribution in [2.45, 2.75) is 32.5 Å². The van der Waals surface area contributed by atoms with Gasteiger partial charge in [-0.3, -0.25) is 29.6 Å². The van der Waals surface area contributed by atoms with Gasteiger partial charge in [-0.25, -0.2) is 0 Å². The van der Waals surface area contributed by atoms with Crippen LogP contribution in [0.2, 0.25) is 0 Å². The third-order valence-electron chi connectivity index (χ3n) is 6.50. The molecule has 1 unspecified atom stereocenters. The van der Waals surface area contributed by atoms with Gasteiger partial charge in [-0.15, -0.1) is 0 Å². The molecule has 33 heavy (non-hydrogen) atoms. The van der Waals surface area contributed by atoms with Crippen LogP contribution in [0.5, 0.6) is 0 Å². The molecule has 0 saturated heterocycles. The molecule has 0 aromatic heterocycles. The summed E-state index contributed by atoms with van der Waals surface area (Å²) in [5.41, 5.74) is 4.11. The van der Waals surface area contributed by atoms with Crippen LogP contribution in [0.1, 0.15) is 25.0 Å². The van der Waals surface area contributed by atoms with Gasteiger partial charge in [-0.1, -0.05) is 0 Å². The van der Waals surface area contributed by atoms with Crippen molar-refractivity contribution < 1.29 is 14.5 Å². The monoisotopic (exact) mass is 448 g/mol. The fourth-order valence-electron chi connectivity index (χ4n) is 5.12. The zero-order valence-corrected chi connectivity index (χ0v) is 18.4. The molecule has 2 amide bonds. The van der Waals surface area contributed by atoms with Gasteiger partial charge < -0.3 is 15.1 Å². The van der Waals surface area contributed by atoms with E-state index in [1.165, 1.54) is 19.1 Å². The van der Waals surface area contributed by atoms with E-state index in [1.54, 1.807) is 29.1 Å². The Morgan fingerprint density at radius 3 is 2.52 bits per heavy atom. The molecule has 10 heteroatoms. The number of hydrogen-bond acceptors (Lipinski definition) is 7. The van der Waals surface area contributed by atoms with Gasteiger partial charge in [0, 0.05) is 56.9 Å². The van der Waals surface area contributed by atoms with E-state index in [0.29, 0.717) is 31.7 Å². The molecule has 3 aliphatic heterocycles. The molecule has 0 fully saturated rings. The highest BCUT2D eigenvalue weighted by molar-refractivity contribution is 5.97. The van der Waals surface area contributed by atoms with Crippen LogP contribution in [-0.2, 0) is 22.4 Å². The van der Waals surface area contributed by atoms with E-state index in [9.17, 15) is 19.7 Å². The van der Waals surface area contributed by atoms with E-state index in [4.69, 9.17) is 0 Å². The Kier molecular flexibility index (Phi) is 4.80. The van der Waals surface area contributed by atoms with Crippen LogP contribution in [0, 0.1) is 10.1 Å². The van der Waals surface area contributed by atoms with Gasteiger partial charge in [0.1, 0.15) is 0 Å². The fraction of sp³-hybridized carbons (Fsp3) is 0.348. The lowest BCUT2D eigenvalue weighted by atomic mass is 10.1. The molecular weight excluding hydrogens is 424 g/mol. The van der Waals surface area contributed by atoms with Crippen molar-refractivity contribution in [2.75, 3.05) is 34.8 Å². The van der Waals surface area contributed by atoms with Crippen molar-refractivity contribution >= 4 is 40.9 Å². The van der Waals surface area contributed by atoms with Crippen LogP contribution in [-0.4, -0.2) is 53.4 Å². The number of fused-ring (bicyclic) bond motifs is 2. The van der Waals surface area contributed by atoms with Crippen molar-refractivity contribution in [3.8, 4) is 0 Å². The minimum Gasteiger partial charge on any atom is -0.345 e. The van der Waals surface area contributed by atoms with Crippen molar-refractivity contribution in [3.05, 3.63) is 57.6 Å². The largest absolute Gasteiger partial charge is 0.345 e. The number of carbonyl (C=O) groups is 2. The van der Waals surface area contributed by atoms with Gasteiger partial charge in [0.15, 0.2) is 0 Å². The number of non-ortho nitro benzene ring substituents is 1. The molecule has 10 nitrogen and oxygen atoms in total. The first-order valence-electron chi connectivity index (χ1n) is 10.8. The molecule has 0 aliphatic carbocycles. The zero-order valence-electron chi connectivity index (χ0n) is 18.4. The summed E-state index contributed by atoms with van der Waals surface area (Å²) in [6, 6.07) is 10.4. The maximum absolute atomic E-state index is 12.9. The van der Waals surface area contributed by atoms with Gasteiger partial charge in [-0.05, 0) is 41.8 Å². The topological polar surface area (TPSA) is 111 Å². The third kappa shape index (κ3) is 3.29. The predicted octanol–water partition coefficient (Wildman–Crippen LogP) is 2.52. The first-order valence-corrected chi connectivity index (χ1v) is 10.8. The van der Waals surface area contributed by atoms with Crippen LogP contribution in [0.25, 0.3) is 0 Å². The number of nitrogens with zero attached hydrogens (tertiary/aromatic N) is 5. The van der Waals surface area contributed by atoms with Gasteiger partial charge in [0.2, 0.25) is 17.6 Å². The van der Waals surface area contributed by atoms with Gasteiger partial charge >= 0.3 is 0 Å². The highest BCUT2D eigenvalue weighted by Crippen LogP contribution is 2.43. The van der Waals surface area contributed by atoms with E-state index in [2.05, 4.69) is 10.3 Å². The highest BCUT2D eigenvalue weighted by atomic mass is 16.6. The summed E-state index contributed by atoms with van der Waals surface area (Å²) < 4.78 is 0. The normalized spacial score (nSPS) is 20.7. The lowest BCUT2D eigenvalue weighted by molar-refractivity contribution is -0.384. The Bertz CT molecular complexity index is 1210. The van der Waals surface area contributed by atoms with E-state index < -0.39 is 10.7 Å². The number of amides is 2. The number of benzene rings is 2. The van der Waals surface area contributed by atoms with Gasteiger partial charge in [0.05, 0.1) is 23.5 Å². The summed E-state index contributed by atoms with van der Waals surface area (Å²) in [6.07, 6.45) is 2.84. The Balaban J connectivity index is 1.58. The summed E-state index contributed by atoms with van der Waals surface area (Å²) in [6.45, 7) is 4.91.